The summed E-state index contributed by atoms with van der Waals surface area (Å²) in [6, 6.07) is 5.18. The number of nitrogens with one attached hydrogen (secondary N) is 2. The van der Waals surface area contributed by atoms with Crippen LogP contribution in [-0.2, 0) is 0 Å². The molecule has 0 radical (unpaired) electrons. The van der Waals surface area contributed by atoms with Gasteiger partial charge < -0.3 is 5.32 Å². The molecule has 2 aromatic rings. The Morgan fingerprint density at radius 1 is 1.44 bits per heavy atom. The molecule has 1 heterocycles. The predicted octanol–water partition coefficient (Wildman–Crippen LogP) is 1.26. The Bertz CT molecular complexity index is 544. The van der Waals surface area contributed by atoms with E-state index in [1.54, 1.807) is 18.2 Å². The molecule has 1 aromatic carbocycles. The molecule has 0 spiro atoms. The molecule has 0 unspecified atom stereocenters. The molecule has 82 valence electrons. The zero-order chi connectivity index (χ0) is 11.5. The van der Waals surface area contributed by atoms with Gasteiger partial charge in [-0.1, -0.05) is 12.2 Å². The molecule has 1 aromatic heterocycles. The number of fused-ring (bicyclic) bond motifs is 1. The summed E-state index contributed by atoms with van der Waals surface area (Å²) in [7, 11) is 0. The summed E-state index contributed by atoms with van der Waals surface area (Å²) in [5, 5.41) is 13.1. The van der Waals surface area contributed by atoms with Crippen molar-refractivity contribution in [3.05, 3.63) is 35.9 Å². The van der Waals surface area contributed by atoms with Gasteiger partial charge in [0, 0.05) is 12.1 Å². The molecule has 0 saturated carbocycles. The Hall–Kier alpha value is -2.17. The van der Waals surface area contributed by atoms with Crippen LogP contribution < -0.4 is 5.32 Å². The minimum atomic E-state index is -0.132. The molecule has 0 bridgehead atoms. The topological polar surface area (TPSA) is 70.7 Å². The van der Waals surface area contributed by atoms with E-state index in [2.05, 4.69) is 27.3 Å². The second kappa shape index (κ2) is 4.14. The highest BCUT2D eigenvalue weighted by molar-refractivity contribution is 5.97. The number of hydrogen-bond acceptors (Lipinski definition) is 3. The van der Waals surface area contributed by atoms with Crippen molar-refractivity contribution in [1.29, 1.82) is 0 Å². The molecule has 0 aliphatic rings. The molecule has 1 amide bonds. The van der Waals surface area contributed by atoms with Crippen molar-refractivity contribution in [1.82, 2.24) is 20.7 Å². The fraction of sp³-hybridized carbons (Fsp3) is 0.182. The van der Waals surface area contributed by atoms with Crippen LogP contribution in [0.5, 0.6) is 0 Å². The van der Waals surface area contributed by atoms with Gasteiger partial charge in [0.1, 0.15) is 11.0 Å². The third kappa shape index (κ3) is 2.08. The van der Waals surface area contributed by atoms with Crippen molar-refractivity contribution < 1.29 is 4.79 Å². The van der Waals surface area contributed by atoms with Crippen LogP contribution >= 0.6 is 0 Å². The lowest BCUT2D eigenvalue weighted by Gasteiger charge is -2.03. The van der Waals surface area contributed by atoms with E-state index in [4.69, 9.17) is 0 Å². The van der Waals surface area contributed by atoms with Gasteiger partial charge in [-0.3, -0.25) is 4.79 Å². The highest BCUT2D eigenvalue weighted by Gasteiger charge is 2.07. The highest BCUT2D eigenvalue weighted by Crippen LogP contribution is 2.10. The SMILES string of the molecule is C=C(C)CNC(=O)c1ccc2n[nH]nc2c1. The number of aromatic amines is 1. The summed E-state index contributed by atoms with van der Waals surface area (Å²) in [5.41, 5.74) is 2.91. The maximum Gasteiger partial charge on any atom is 0.251 e. The Morgan fingerprint density at radius 3 is 2.94 bits per heavy atom. The van der Waals surface area contributed by atoms with Gasteiger partial charge in [0.2, 0.25) is 0 Å². The van der Waals surface area contributed by atoms with Gasteiger partial charge in [0.25, 0.3) is 5.91 Å². The third-order valence-electron chi connectivity index (χ3n) is 2.13. The fourth-order valence-corrected chi connectivity index (χ4v) is 1.31. The van der Waals surface area contributed by atoms with E-state index in [-0.39, 0.29) is 5.91 Å². The minimum absolute atomic E-state index is 0.132. The highest BCUT2D eigenvalue weighted by atomic mass is 16.1. The number of aromatic nitrogens is 3. The van der Waals surface area contributed by atoms with Crippen LogP contribution in [0.1, 0.15) is 17.3 Å². The molecular formula is C11H12N4O. The molecule has 16 heavy (non-hydrogen) atoms. The van der Waals surface area contributed by atoms with Crippen LogP contribution in [0.15, 0.2) is 30.4 Å². The number of nitrogens with zero attached hydrogens (tertiary/aromatic N) is 2. The zero-order valence-electron chi connectivity index (χ0n) is 8.95. The molecule has 2 N–H and O–H groups in total. The number of H-pyrrole nitrogens is 1. The van der Waals surface area contributed by atoms with Crippen molar-refractivity contribution in [3.63, 3.8) is 0 Å². The van der Waals surface area contributed by atoms with Gasteiger partial charge in [-0.2, -0.15) is 15.4 Å². The van der Waals surface area contributed by atoms with Crippen molar-refractivity contribution in [2.45, 2.75) is 6.92 Å². The Kier molecular flexibility index (Phi) is 2.68. The molecule has 0 fully saturated rings. The van der Waals surface area contributed by atoms with Gasteiger partial charge in [-0.25, -0.2) is 0 Å². The number of benzene rings is 1. The molecule has 0 atom stereocenters. The molecule has 5 nitrogen and oxygen atoms in total. The van der Waals surface area contributed by atoms with E-state index in [9.17, 15) is 4.79 Å². The first-order valence-corrected chi connectivity index (χ1v) is 4.90. The molecular weight excluding hydrogens is 204 g/mol. The number of amides is 1. The normalized spacial score (nSPS) is 10.3. The first-order valence-electron chi connectivity index (χ1n) is 4.90. The van der Waals surface area contributed by atoms with Crippen LogP contribution in [-0.4, -0.2) is 27.9 Å². The van der Waals surface area contributed by atoms with E-state index in [1.165, 1.54) is 0 Å². The van der Waals surface area contributed by atoms with E-state index in [0.717, 1.165) is 11.1 Å². The number of carbonyl (C=O) groups is 1. The molecule has 0 saturated heterocycles. The lowest BCUT2D eigenvalue weighted by molar-refractivity contribution is 0.0957. The lowest BCUT2D eigenvalue weighted by atomic mass is 10.2. The Labute approximate surface area is 92.5 Å². The van der Waals surface area contributed by atoms with Crippen LogP contribution in [0.2, 0.25) is 0 Å². The predicted molar refractivity (Wildman–Crippen MR) is 61.0 cm³/mol. The number of rotatable bonds is 3. The average Bonchev–Trinajstić information content (AvgIpc) is 2.72. The van der Waals surface area contributed by atoms with Crippen molar-refractivity contribution in [3.8, 4) is 0 Å². The van der Waals surface area contributed by atoms with E-state index in [0.29, 0.717) is 17.6 Å². The third-order valence-corrected chi connectivity index (χ3v) is 2.13. The monoisotopic (exact) mass is 216 g/mol. The van der Waals surface area contributed by atoms with E-state index < -0.39 is 0 Å². The summed E-state index contributed by atoms with van der Waals surface area (Å²) in [5.74, 6) is -0.132. The van der Waals surface area contributed by atoms with Crippen LogP contribution in [0.25, 0.3) is 11.0 Å². The average molecular weight is 216 g/mol. The maximum absolute atomic E-state index is 11.7. The summed E-state index contributed by atoms with van der Waals surface area (Å²) in [4.78, 5) is 11.7. The fourth-order valence-electron chi connectivity index (χ4n) is 1.31. The quantitative estimate of drug-likeness (QED) is 0.759. The summed E-state index contributed by atoms with van der Waals surface area (Å²) < 4.78 is 0. The van der Waals surface area contributed by atoms with Gasteiger partial charge >= 0.3 is 0 Å². The van der Waals surface area contributed by atoms with E-state index in [1.807, 2.05) is 6.92 Å². The zero-order valence-corrected chi connectivity index (χ0v) is 8.95. The first-order chi connectivity index (χ1) is 7.66. The van der Waals surface area contributed by atoms with E-state index >= 15 is 0 Å². The maximum atomic E-state index is 11.7. The van der Waals surface area contributed by atoms with Gasteiger partial charge in [0.05, 0.1) is 0 Å². The van der Waals surface area contributed by atoms with Crippen LogP contribution in [0.4, 0.5) is 0 Å². The minimum Gasteiger partial charge on any atom is -0.348 e. The Balaban J connectivity index is 2.19. The molecule has 5 heteroatoms. The Morgan fingerprint density at radius 2 is 2.19 bits per heavy atom. The molecule has 2 rings (SSSR count). The van der Waals surface area contributed by atoms with Crippen molar-refractivity contribution >= 4 is 16.9 Å². The number of carbonyl (C=O) groups excluding carboxylic acids is 1. The molecule has 0 aliphatic heterocycles. The second-order valence-electron chi connectivity index (χ2n) is 3.67. The molecule has 0 aliphatic carbocycles. The summed E-state index contributed by atoms with van der Waals surface area (Å²) in [6.45, 7) is 6.06. The van der Waals surface area contributed by atoms with Gasteiger partial charge in [-0.05, 0) is 25.1 Å². The van der Waals surface area contributed by atoms with Crippen LogP contribution in [0.3, 0.4) is 0 Å². The second-order valence-corrected chi connectivity index (χ2v) is 3.67. The number of hydrogen-bond donors (Lipinski definition) is 2. The first kappa shape index (κ1) is 10.4. The standard InChI is InChI=1S/C11H12N4O/c1-7(2)6-12-11(16)8-3-4-9-10(5-8)14-15-13-9/h3-5H,1,6H2,2H3,(H,12,16)(H,13,14,15). The van der Waals surface area contributed by atoms with Gasteiger partial charge in [-0.15, -0.1) is 0 Å². The lowest BCUT2D eigenvalue weighted by Crippen LogP contribution is -2.24. The summed E-state index contributed by atoms with van der Waals surface area (Å²) >= 11 is 0. The van der Waals surface area contributed by atoms with Crippen molar-refractivity contribution in [2.24, 2.45) is 0 Å². The van der Waals surface area contributed by atoms with Gasteiger partial charge in [0.15, 0.2) is 0 Å². The summed E-state index contributed by atoms with van der Waals surface area (Å²) in [6.07, 6.45) is 0. The van der Waals surface area contributed by atoms with Crippen LogP contribution in [0, 0.1) is 0 Å². The smallest absolute Gasteiger partial charge is 0.251 e. The largest absolute Gasteiger partial charge is 0.348 e. The van der Waals surface area contributed by atoms with Crippen molar-refractivity contribution in [2.75, 3.05) is 6.54 Å².